The predicted octanol–water partition coefficient (Wildman–Crippen LogP) is 2.12. The van der Waals surface area contributed by atoms with Crippen LogP contribution in [0.2, 0.25) is 0 Å². The largest absolute Gasteiger partial charge is 0.461 e. The second-order valence-corrected chi connectivity index (χ2v) is 3.25. The van der Waals surface area contributed by atoms with Crippen LogP contribution >= 0.6 is 0 Å². The molecule has 0 aliphatic carbocycles. The molecule has 2 aromatic heterocycles. The zero-order chi connectivity index (χ0) is 10.7. The van der Waals surface area contributed by atoms with Crippen molar-refractivity contribution in [3.63, 3.8) is 0 Å². The molecule has 0 aliphatic rings. The van der Waals surface area contributed by atoms with Crippen LogP contribution in [0.4, 0.5) is 0 Å². The molecule has 4 heteroatoms. The third kappa shape index (κ3) is 1.83. The summed E-state index contributed by atoms with van der Waals surface area (Å²) in [6, 6.07) is 5.07. The van der Waals surface area contributed by atoms with E-state index >= 15 is 0 Å². The molecule has 2 rings (SSSR count). The van der Waals surface area contributed by atoms with Crippen LogP contribution in [0.15, 0.2) is 35.1 Å². The first-order valence-corrected chi connectivity index (χ1v) is 4.93. The van der Waals surface area contributed by atoms with Gasteiger partial charge in [0.05, 0.1) is 6.26 Å². The van der Waals surface area contributed by atoms with E-state index < -0.39 is 0 Å². The Morgan fingerprint density at radius 2 is 2.40 bits per heavy atom. The molecule has 0 bridgehead atoms. The molecule has 2 heterocycles. The van der Waals surface area contributed by atoms with Crippen LogP contribution in [0.25, 0.3) is 0 Å². The average molecular weight is 204 g/mol. The highest BCUT2D eigenvalue weighted by atomic mass is 16.3. The summed E-state index contributed by atoms with van der Waals surface area (Å²) in [5.74, 6) is 0.235. The first-order chi connectivity index (χ1) is 7.33. The number of aromatic nitrogens is 2. The summed E-state index contributed by atoms with van der Waals surface area (Å²) in [6.45, 7) is 2.79. The number of nitrogens with zero attached hydrogens (tertiary/aromatic N) is 2. The Bertz CT molecular complexity index is 443. The van der Waals surface area contributed by atoms with Gasteiger partial charge in [0.15, 0.2) is 5.76 Å². The predicted molar refractivity (Wildman–Crippen MR) is 54.7 cm³/mol. The molecule has 0 radical (unpaired) electrons. The maximum atomic E-state index is 11.9. The van der Waals surface area contributed by atoms with Crippen LogP contribution in [-0.4, -0.2) is 15.6 Å². The quantitative estimate of drug-likeness (QED) is 0.716. The Hall–Kier alpha value is -1.84. The SMILES string of the molecule is CCCn1nccc1C(=O)c1ccco1. The van der Waals surface area contributed by atoms with Crippen molar-refractivity contribution < 1.29 is 9.21 Å². The van der Waals surface area contributed by atoms with E-state index in [0.717, 1.165) is 13.0 Å². The summed E-state index contributed by atoms with van der Waals surface area (Å²) in [5.41, 5.74) is 0.576. The van der Waals surface area contributed by atoms with Crippen molar-refractivity contribution in [1.29, 1.82) is 0 Å². The Morgan fingerprint density at radius 1 is 1.53 bits per heavy atom. The fourth-order valence-corrected chi connectivity index (χ4v) is 1.45. The smallest absolute Gasteiger partial charge is 0.246 e. The molecule has 78 valence electrons. The Labute approximate surface area is 87.5 Å². The molecule has 0 N–H and O–H groups in total. The normalized spacial score (nSPS) is 10.5. The van der Waals surface area contributed by atoms with Gasteiger partial charge in [-0.15, -0.1) is 0 Å². The molecule has 15 heavy (non-hydrogen) atoms. The summed E-state index contributed by atoms with van der Waals surface area (Å²) in [6.07, 6.45) is 4.07. The van der Waals surface area contributed by atoms with Gasteiger partial charge >= 0.3 is 0 Å². The Kier molecular flexibility index (Phi) is 2.67. The summed E-state index contributed by atoms with van der Waals surface area (Å²) in [4.78, 5) is 11.9. The molecule has 4 nitrogen and oxygen atoms in total. The lowest BCUT2D eigenvalue weighted by Crippen LogP contribution is -2.10. The van der Waals surface area contributed by atoms with E-state index in [2.05, 4.69) is 5.10 Å². The highest BCUT2D eigenvalue weighted by Crippen LogP contribution is 2.10. The van der Waals surface area contributed by atoms with Crippen molar-refractivity contribution in [2.75, 3.05) is 0 Å². The number of furan rings is 1. The highest BCUT2D eigenvalue weighted by molar-refractivity contribution is 6.05. The molecular formula is C11H12N2O2. The number of aryl methyl sites for hydroxylation is 1. The lowest BCUT2D eigenvalue weighted by molar-refractivity contribution is 0.0999. The van der Waals surface area contributed by atoms with Crippen LogP contribution in [0.3, 0.4) is 0 Å². The number of rotatable bonds is 4. The molecule has 0 amide bonds. The molecule has 0 saturated heterocycles. The lowest BCUT2D eigenvalue weighted by Gasteiger charge is -2.02. The monoisotopic (exact) mass is 204 g/mol. The zero-order valence-corrected chi connectivity index (χ0v) is 8.51. The summed E-state index contributed by atoms with van der Waals surface area (Å²) >= 11 is 0. The van der Waals surface area contributed by atoms with E-state index in [1.54, 1.807) is 29.1 Å². The van der Waals surface area contributed by atoms with Crippen LogP contribution < -0.4 is 0 Å². The minimum absolute atomic E-state index is 0.119. The average Bonchev–Trinajstić information content (AvgIpc) is 2.87. The minimum Gasteiger partial charge on any atom is -0.461 e. The summed E-state index contributed by atoms with van der Waals surface area (Å²) in [5, 5.41) is 4.09. The van der Waals surface area contributed by atoms with E-state index in [-0.39, 0.29) is 5.78 Å². The van der Waals surface area contributed by atoms with E-state index in [1.165, 1.54) is 6.26 Å². The zero-order valence-electron chi connectivity index (χ0n) is 8.51. The second kappa shape index (κ2) is 4.13. The number of carbonyl (C=O) groups excluding carboxylic acids is 1. The van der Waals surface area contributed by atoms with E-state index in [4.69, 9.17) is 4.42 Å². The van der Waals surface area contributed by atoms with Gasteiger partial charge < -0.3 is 4.42 Å². The van der Waals surface area contributed by atoms with Crippen molar-refractivity contribution in [3.05, 3.63) is 42.1 Å². The second-order valence-electron chi connectivity index (χ2n) is 3.25. The van der Waals surface area contributed by atoms with Crippen LogP contribution in [0.1, 0.15) is 29.6 Å². The van der Waals surface area contributed by atoms with Gasteiger partial charge in [-0.1, -0.05) is 6.92 Å². The van der Waals surface area contributed by atoms with Crippen molar-refractivity contribution in [1.82, 2.24) is 9.78 Å². The fraction of sp³-hybridized carbons (Fsp3) is 0.273. The molecule has 0 atom stereocenters. The molecule has 0 aliphatic heterocycles. The maximum Gasteiger partial charge on any atom is 0.246 e. The van der Waals surface area contributed by atoms with Crippen LogP contribution in [0, 0.1) is 0 Å². The molecule has 0 unspecified atom stereocenters. The van der Waals surface area contributed by atoms with Gasteiger partial charge in [-0.25, -0.2) is 0 Å². The van der Waals surface area contributed by atoms with Gasteiger partial charge in [-0.05, 0) is 24.6 Å². The standard InChI is InChI=1S/C11H12N2O2/c1-2-7-13-9(5-6-12-13)11(14)10-4-3-8-15-10/h3-6,8H,2,7H2,1H3. The number of carbonyl (C=O) groups is 1. The topological polar surface area (TPSA) is 48.0 Å². The van der Waals surface area contributed by atoms with Gasteiger partial charge in [0.2, 0.25) is 5.78 Å². The summed E-state index contributed by atoms with van der Waals surface area (Å²) in [7, 11) is 0. The van der Waals surface area contributed by atoms with Crippen molar-refractivity contribution in [2.24, 2.45) is 0 Å². The molecule has 0 saturated carbocycles. The number of hydrogen-bond donors (Lipinski definition) is 0. The van der Waals surface area contributed by atoms with Gasteiger partial charge in [-0.3, -0.25) is 9.48 Å². The Balaban J connectivity index is 2.29. The third-order valence-electron chi connectivity index (χ3n) is 2.13. The maximum absolute atomic E-state index is 11.9. The van der Waals surface area contributed by atoms with E-state index in [1.807, 2.05) is 6.92 Å². The fourth-order valence-electron chi connectivity index (χ4n) is 1.45. The molecule has 0 fully saturated rings. The van der Waals surface area contributed by atoms with Crippen molar-refractivity contribution >= 4 is 5.78 Å². The lowest BCUT2D eigenvalue weighted by atomic mass is 10.2. The van der Waals surface area contributed by atoms with Crippen molar-refractivity contribution in [2.45, 2.75) is 19.9 Å². The molecule has 2 aromatic rings. The van der Waals surface area contributed by atoms with Gasteiger partial charge in [-0.2, -0.15) is 5.10 Å². The van der Waals surface area contributed by atoms with Crippen LogP contribution in [0.5, 0.6) is 0 Å². The first kappa shape index (κ1) is 9.71. The van der Waals surface area contributed by atoms with Gasteiger partial charge in [0.1, 0.15) is 5.69 Å². The first-order valence-electron chi connectivity index (χ1n) is 4.93. The third-order valence-corrected chi connectivity index (χ3v) is 2.13. The van der Waals surface area contributed by atoms with Gasteiger partial charge in [0, 0.05) is 12.7 Å². The van der Waals surface area contributed by atoms with Gasteiger partial charge in [0.25, 0.3) is 0 Å². The number of ketones is 1. The number of hydrogen-bond acceptors (Lipinski definition) is 3. The molecular weight excluding hydrogens is 192 g/mol. The van der Waals surface area contributed by atoms with Crippen LogP contribution in [-0.2, 0) is 6.54 Å². The van der Waals surface area contributed by atoms with E-state index in [9.17, 15) is 4.79 Å². The minimum atomic E-state index is -0.119. The highest BCUT2D eigenvalue weighted by Gasteiger charge is 2.15. The Morgan fingerprint density at radius 3 is 3.07 bits per heavy atom. The molecule has 0 aromatic carbocycles. The van der Waals surface area contributed by atoms with E-state index in [0.29, 0.717) is 11.5 Å². The van der Waals surface area contributed by atoms with Crippen molar-refractivity contribution in [3.8, 4) is 0 Å². The molecule has 0 spiro atoms. The summed E-state index contributed by atoms with van der Waals surface area (Å²) < 4.78 is 6.76.